The molecule has 94 valence electrons. The highest BCUT2D eigenvalue weighted by Gasteiger charge is 2.18. The molecule has 0 aliphatic carbocycles. The summed E-state index contributed by atoms with van der Waals surface area (Å²) in [5.41, 5.74) is 1.59. The van der Waals surface area contributed by atoms with Crippen molar-refractivity contribution in [2.75, 3.05) is 5.32 Å². The second-order valence-corrected chi connectivity index (χ2v) is 5.43. The molecule has 2 rings (SSSR count). The van der Waals surface area contributed by atoms with Gasteiger partial charge in [-0.3, -0.25) is 4.79 Å². The first-order valence-electron chi connectivity index (χ1n) is 5.18. The van der Waals surface area contributed by atoms with E-state index in [-0.39, 0.29) is 5.91 Å². The Balaban J connectivity index is 2.30. The second-order valence-electron chi connectivity index (χ2n) is 3.78. The molecule has 0 bridgehead atoms. The van der Waals surface area contributed by atoms with Crippen LogP contribution >= 0.6 is 34.2 Å². The molecule has 0 saturated heterocycles. The summed E-state index contributed by atoms with van der Waals surface area (Å²) in [6.45, 7) is 3.42. The van der Waals surface area contributed by atoms with E-state index in [1.807, 2.05) is 6.07 Å². The first-order valence-corrected chi connectivity index (χ1v) is 6.64. The van der Waals surface area contributed by atoms with Gasteiger partial charge in [-0.15, -0.1) is 0 Å². The van der Waals surface area contributed by atoms with Crippen molar-refractivity contribution >= 4 is 45.8 Å². The number of benzene rings is 1. The van der Waals surface area contributed by atoms with Crippen LogP contribution in [0.4, 0.5) is 5.69 Å². The van der Waals surface area contributed by atoms with E-state index >= 15 is 0 Å². The number of amides is 1. The van der Waals surface area contributed by atoms with Crippen LogP contribution in [0, 0.1) is 17.4 Å². The van der Waals surface area contributed by atoms with E-state index in [2.05, 4.69) is 33.1 Å². The van der Waals surface area contributed by atoms with Crippen LogP contribution in [0.25, 0.3) is 0 Å². The average Bonchev–Trinajstić information content (AvgIpc) is 2.63. The number of carbonyl (C=O) groups is 1. The fourth-order valence-corrected chi connectivity index (χ4v) is 2.24. The van der Waals surface area contributed by atoms with Gasteiger partial charge in [0.1, 0.15) is 11.3 Å². The molecule has 1 aromatic heterocycles. The number of aromatic nitrogens is 1. The summed E-state index contributed by atoms with van der Waals surface area (Å²) in [5, 5.41) is 7.00. The van der Waals surface area contributed by atoms with Gasteiger partial charge in [0.2, 0.25) is 0 Å². The van der Waals surface area contributed by atoms with Crippen molar-refractivity contribution in [2.24, 2.45) is 0 Å². The zero-order chi connectivity index (χ0) is 13.3. The molecule has 1 amide bonds. The fourth-order valence-electron chi connectivity index (χ4n) is 1.59. The monoisotopic (exact) mass is 376 g/mol. The van der Waals surface area contributed by atoms with Crippen molar-refractivity contribution in [1.29, 1.82) is 0 Å². The number of rotatable bonds is 2. The SMILES string of the molecule is Cc1noc(C)c1C(=O)Nc1cc(I)ccc1Cl. The number of nitrogens with zero attached hydrogens (tertiary/aromatic N) is 1. The van der Waals surface area contributed by atoms with Crippen LogP contribution in [0.3, 0.4) is 0 Å². The summed E-state index contributed by atoms with van der Waals surface area (Å²) in [5.74, 6) is 0.224. The molecule has 18 heavy (non-hydrogen) atoms. The van der Waals surface area contributed by atoms with Gasteiger partial charge in [0.15, 0.2) is 0 Å². The highest BCUT2D eigenvalue weighted by molar-refractivity contribution is 14.1. The standard InChI is InChI=1S/C12H10ClIN2O2/c1-6-11(7(2)18-16-6)12(17)15-10-5-8(14)3-4-9(10)13/h3-5H,1-2H3,(H,15,17). The minimum atomic E-state index is -0.268. The highest BCUT2D eigenvalue weighted by Crippen LogP contribution is 2.25. The van der Waals surface area contributed by atoms with Crippen LogP contribution in [0.5, 0.6) is 0 Å². The van der Waals surface area contributed by atoms with Crippen molar-refractivity contribution in [3.8, 4) is 0 Å². The molecule has 0 spiro atoms. The lowest BCUT2D eigenvalue weighted by molar-refractivity contribution is 0.102. The molecule has 0 atom stereocenters. The summed E-state index contributed by atoms with van der Waals surface area (Å²) in [4.78, 5) is 12.1. The first kappa shape index (κ1) is 13.4. The highest BCUT2D eigenvalue weighted by atomic mass is 127. The van der Waals surface area contributed by atoms with E-state index in [1.54, 1.807) is 26.0 Å². The lowest BCUT2D eigenvalue weighted by Gasteiger charge is -2.07. The predicted molar refractivity (Wildman–Crippen MR) is 78.1 cm³/mol. The van der Waals surface area contributed by atoms with Gasteiger partial charge in [-0.2, -0.15) is 0 Å². The molecule has 6 heteroatoms. The minimum absolute atomic E-state index is 0.268. The van der Waals surface area contributed by atoms with Gasteiger partial charge in [-0.25, -0.2) is 0 Å². The van der Waals surface area contributed by atoms with Gasteiger partial charge in [0.25, 0.3) is 5.91 Å². The van der Waals surface area contributed by atoms with Crippen molar-refractivity contribution in [3.63, 3.8) is 0 Å². The number of anilines is 1. The van der Waals surface area contributed by atoms with Crippen LogP contribution in [0.2, 0.25) is 5.02 Å². The van der Waals surface area contributed by atoms with Crippen molar-refractivity contribution in [2.45, 2.75) is 13.8 Å². The Labute approximate surface area is 123 Å². The lowest BCUT2D eigenvalue weighted by atomic mass is 10.2. The van der Waals surface area contributed by atoms with Crippen LogP contribution < -0.4 is 5.32 Å². The number of hydrogen-bond donors (Lipinski definition) is 1. The zero-order valence-electron chi connectivity index (χ0n) is 9.75. The third-order valence-electron chi connectivity index (χ3n) is 2.44. The average molecular weight is 377 g/mol. The lowest BCUT2D eigenvalue weighted by Crippen LogP contribution is -2.14. The predicted octanol–water partition coefficient (Wildman–Crippen LogP) is 3.80. The molecule has 0 aliphatic rings. The van der Waals surface area contributed by atoms with E-state index < -0.39 is 0 Å². The third-order valence-corrected chi connectivity index (χ3v) is 3.44. The van der Waals surface area contributed by atoms with Crippen LogP contribution in [0.1, 0.15) is 21.8 Å². The first-order chi connectivity index (χ1) is 8.49. The Bertz CT molecular complexity index is 591. The molecule has 0 aliphatic heterocycles. The minimum Gasteiger partial charge on any atom is -0.361 e. The van der Waals surface area contributed by atoms with E-state index in [1.165, 1.54) is 0 Å². The molecule has 1 heterocycles. The summed E-state index contributed by atoms with van der Waals surface area (Å²) in [6.07, 6.45) is 0. The van der Waals surface area contributed by atoms with Gasteiger partial charge >= 0.3 is 0 Å². The maximum atomic E-state index is 12.1. The smallest absolute Gasteiger partial charge is 0.261 e. The molecule has 0 saturated carbocycles. The van der Waals surface area contributed by atoms with E-state index in [0.717, 1.165) is 3.57 Å². The van der Waals surface area contributed by atoms with E-state index in [0.29, 0.717) is 27.7 Å². The van der Waals surface area contributed by atoms with E-state index in [9.17, 15) is 4.79 Å². The topological polar surface area (TPSA) is 55.1 Å². The molecule has 4 nitrogen and oxygen atoms in total. The van der Waals surface area contributed by atoms with Crippen LogP contribution in [-0.2, 0) is 0 Å². The zero-order valence-corrected chi connectivity index (χ0v) is 12.7. The second kappa shape index (κ2) is 5.27. The van der Waals surface area contributed by atoms with Gasteiger partial charge < -0.3 is 9.84 Å². The van der Waals surface area contributed by atoms with Gasteiger partial charge in [-0.1, -0.05) is 16.8 Å². The number of carbonyl (C=O) groups excluding carboxylic acids is 1. The van der Waals surface area contributed by atoms with E-state index in [4.69, 9.17) is 16.1 Å². The number of nitrogens with one attached hydrogen (secondary N) is 1. The third kappa shape index (κ3) is 2.67. The van der Waals surface area contributed by atoms with Crippen molar-refractivity contribution < 1.29 is 9.32 Å². The van der Waals surface area contributed by atoms with Crippen LogP contribution in [0.15, 0.2) is 22.7 Å². The summed E-state index contributed by atoms with van der Waals surface area (Å²) in [6, 6.07) is 5.42. The Morgan fingerprint density at radius 1 is 1.44 bits per heavy atom. The van der Waals surface area contributed by atoms with Crippen molar-refractivity contribution in [1.82, 2.24) is 5.16 Å². The summed E-state index contributed by atoms with van der Waals surface area (Å²) >= 11 is 8.18. The molecule has 1 N–H and O–H groups in total. The molecule has 0 unspecified atom stereocenters. The van der Waals surface area contributed by atoms with Crippen LogP contribution in [-0.4, -0.2) is 11.1 Å². The Morgan fingerprint density at radius 2 is 2.17 bits per heavy atom. The fraction of sp³-hybridized carbons (Fsp3) is 0.167. The summed E-state index contributed by atoms with van der Waals surface area (Å²) in [7, 11) is 0. The maximum Gasteiger partial charge on any atom is 0.261 e. The Hall–Kier alpha value is -1.08. The molecule has 0 fully saturated rings. The van der Waals surface area contributed by atoms with Gasteiger partial charge in [-0.05, 0) is 54.6 Å². The molecule has 1 aromatic carbocycles. The molecular formula is C12H10ClIN2O2. The normalized spacial score (nSPS) is 10.4. The molecule has 2 aromatic rings. The van der Waals surface area contributed by atoms with Gasteiger partial charge in [0.05, 0.1) is 16.4 Å². The number of halogens is 2. The Kier molecular flexibility index (Phi) is 3.91. The summed E-state index contributed by atoms with van der Waals surface area (Å²) < 4.78 is 5.95. The quantitative estimate of drug-likeness (QED) is 0.811. The molecule has 0 radical (unpaired) electrons. The van der Waals surface area contributed by atoms with Crippen molar-refractivity contribution in [3.05, 3.63) is 43.8 Å². The Morgan fingerprint density at radius 3 is 2.78 bits per heavy atom. The maximum absolute atomic E-state index is 12.1. The van der Waals surface area contributed by atoms with Gasteiger partial charge in [0, 0.05) is 3.57 Å². The largest absolute Gasteiger partial charge is 0.361 e. The molecular weight excluding hydrogens is 367 g/mol. The number of aryl methyl sites for hydroxylation is 2. The number of hydrogen-bond acceptors (Lipinski definition) is 3.